The van der Waals surface area contributed by atoms with Gasteiger partial charge in [-0.25, -0.2) is 0 Å². The van der Waals surface area contributed by atoms with Gasteiger partial charge >= 0.3 is 17.9 Å². The standard InChI is InChI=1S/C71H120O6/c1-4-7-10-13-16-19-22-24-26-28-29-30-31-32-33-34-35-36-37-38-39-40-41-43-44-46-49-52-55-58-61-64-70(73)76-67-68(66-75-69(72)63-60-57-54-51-48-21-18-15-12-9-6-3)77-71(74)65-62-59-56-53-50-47-45-42-27-25-23-20-17-14-11-8-5-2/h7-8,10-11,16-17,19-20,24-27,29-30,45,47,53,56,68H,4-6,9,12-15,18,21-23,28,31-44,46,48-52,54-55,57-67H2,1-3H3/b10-7-,11-8-,19-16-,20-17-,26-24-,27-25-,30-29-,47-45-,56-53-. The third kappa shape index (κ3) is 62.8. The molecule has 77 heavy (non-hydrogen) atoms. The highest BCUT2D eigenvalue weighted by molar-refractivity contribution is 5.71. The van der Waals surface area contributed by atoms with Crippen LogP contribution in [0.4, 0.5) is 0 Å². The van der Waals surface area contributed by atoms with Crippen LogP contribution in [0.2, 0.25) is 0 Å². The van der Waals surface area contributed by atoms with E-state index in [2.05, 4.69) is 130 Å². The average Bonchev–Trinajstić information content (AvgIpc) is 3.43. The SMILES string of the molecule is CC/C=C\C/C=C\C/C=C\C/C=C\C/C=C\CCCC(=O)OC(COC(=O)CCCCCCCCCCCCC)COC(=O)CCCCCCCCCCCCCCCCCCCC/C=C\C/C=C\C/C=C\C/C=C\CC. The highest BCUT2D eigenvalue weighted by atomic mass is 16.6. The number of carbonyl (C=O) groups is 3. The Morgan fingerprint density at radius 3 is 0.831 bits per heavy atom. The van der Waals surface area contributed by atoms with Crippen LogP contribution in [0.3, 0.4) is 0 Å². The topological polar surface area (TPSA) is 78.9 Å². The normalized spacial score (nSPS) is 12.8. The van der Waals surface area contributed by atoms with Crippen molar-refractivity contribution >= 4 is 17.9 Å². The van der Waals surface area contributed by atoms with Gasteiger partial charge in [-0.1, -0.05) is 297 Å². The molecule has 0 heterocycles. The summed E-state index contributed by atoms with van der Waals surface area (Å²) in [4.78, 5) is 38.2. The van der Waals surface area contributed by atoms with Crippen molar-refractivity contribution in [3.8, 4) is 0 Å². The fourth-order valence-electron chi connectivity index (χ4n) is 9.00. The number of ether oxygens (including phenoxy) is 3. The van der Waals surface area contributed by atoms with Crippen molar-refractivity contribution in [1.82, 2.24) is 0 Å². The van der Waals surface area contributed by atoms with Gasteiger partial charge in [0.2, 0.25) is 0 Å². The Morgan fingerprint density at radius 2 is 0.519 bits per heavy atom. The molecule has 6 heteroatoms. The molecule has 0 rings (SSSR count). The van der Waals surface area contributed by atoms with E-state index in [1.165, 1.54) is 154 Å². The lowest BCUT2D eigenvalue weighted by Gasteiger charge is -2.18. The van der Waals surface area contributed by atoms with Crippen LogP contribution in [-0.4, -0.2) is 37.2 Å². The quantitative estimate of drug-likeness (QED) is 0.0261. The van der Waals surface area contributed by atoms with Gasteiger partial charge in [-0.05, 0) is 96.3 Å². The second kappa shape index (κ2) is 64.6. The Balaban J connectivity index is 4.21. The molecule has 440 valence electrons. The number of unbranched alkanes of at least 4 members (excludes halogenated alkanes) is 29. The lowest BCUT2D eigenvalue weighted by atomic mass is 10.0. The van der Waals surface area contributed by atoms with Gasteiger partial charge in [0.1, 0.15) is 13.2 Å². The van der Waals surface area contributed by atoms with E-state index in [4.69, 9.17) is 14.2 Å². The molecule has 6 nitrogen and oxygen atoms in total. The first-order valence-corrected chi connectivity index (χ1v) is 32.4. The molecule has 0 fully saturated rings. The van der Waals surface area contributed by atoms with Crippen molar-refractivity contribution in [3.05, 3.63) is 109 Å². The third-order valence-electron chi connectivity index (χ3n) is 13.8. The van der Waals surface area contributed by atoms with Gasteiger partial charge in [0, 0.05) is 19.3 Å². The molecule has 1 atom stereocenters. The zero-order chi connectivity index (χ0) is 55.7. The molecular formula is C71H120O6. The second-order valence-electron chi connectivity index (χ2n) is 21.3. The summed E-state index contributed by atoms with van der Waals surface area (Å²) in [5.41, 5.74) is 0. The van der Waals surface area contributed by atoms with E-state index in [9.17, 15) is 14.4 Å². The number of hydrogen-bond donors (Lipinski definition) is 0. The summed E-state index contributed by atoms with van der Waals surface area (Å²) in [7, 11) is 0. The fourth-order valence-corrected chi connectivity index (χ4v) is 9.00. The number of allylic oxidation sites excluding steroid dienone is 18. The van der Waals surface area contributed by atoms with Gasteiger partial charge in [-0.3, -0.25) is 14.4 Å². The van der Waals surface area contributed by atoms with Gasteiger partial charge in [-0.2, -0.15) is 0 Å². The van der Waals surface area contributed by atoms with Crippen molar-refractivity contribution in [2.24, 2.45) is 0 Å². The van der Waals surface area contributed by atoms with Crippen molar-refractivity contribution in [3.63, 3.8) is 0 Å². The molecule has 0 bridgehead atoms. The molecule has 0 N–H and O–H groups in total. The Bertz CT molecular complexity index is 1560. The molecule has 0 spiro atoms. The van der Waals surface area contributed by atoms with E-state index >= 15 is 0 Å². The van der Waals surface area contributed by atoms with Gasteiger partial charge in [0.05, 0.1) is 0 Å². The van der Waals surface area contributed by atoms with E-state index in [0.29, 0.717) is 19.3 Å². The minimum atomic E-state index is -0.806. The summed E-state index contributed by atoms with van der Waals surface area (Å²) in [6.45, 7) is 6.38. The summed E-state index contributed by atoms with van der Waals surface area (Å²) >= 11 is 0. The minimum Gasteiger partial charge on any atom is -0.462 e. The van der Waals surface area contributed by atoms with Crippen LogP contribution in [0.5, 0.6) is 0 Å². The Morgan fingerprint density at radius 1 is 0.273 bits per heavy atom. The highest BCUT2D eigenvalue weighted by Gasteiger charge is 2.19. The zero-order valence-electron chi connectivity index (χ0n) is 50.4. The number of esters is 3. The lowest BCUT2D eigenvalue weighted by Crippen LogP contribution is -2.30. The zero-order valence-corrected chi connectivity index (χ0v) is 50.4. The number of carbonyl (C=O) groups excluding carboxylic acids is 3. The molecule has 0 amide bonds. The maximum Gasteiger partial charge on any atom is 0.306 e. The molecule has 0 aliphatic carbocycles. The van der Waals surface area contributed by atoms with Gasteiger partial charge in [0.25, 0.3) is 0 Å². The molecule has 0 aliphatic rings. The van der Waals surface area contributed by atoms with E-state index in [1.54, 1.807) is 0 Å². The van der Waals surface area contributed by atoms with Crippen molar-refractivity contribution in [1.29, 1.82) is 0 Å². The van der Waals surface area contributed by atoms with E-state index in [1.807, 2.05) is 0 Å². The predicted octanol–water partition coefficient (Wildman–Crippen LogP) is 22.2. The maximum atomic E-state index is 12.9. The lowest BCUT2D eigenvalue weighted by molar-refractivity contribution is -0.167. The van der Waals surface area contributed by atoms with Crippen LogP contribution < -0.4 is 0 Å². The van der Waals surface area contributed by atoms with Crippen LogP contribution in [0.25, 0.3) is 0 Å². The van der Waals surface area contributed by atoms with Crippen LogP contribution in [0, 0.1) is 0 Å². The second-order valence-corrected chi connectivity index (χ2v) is 21.3. The molecule has 0 saturated carbocycles. The first kappa shape index (κ1) is 73.1. The summed E-state index contributed by atoms with van der Waals surface area (Å²) in [5, 5.41) is 0. The van der Waals surface area contributed by atoms with Crippen molar-refractivity contribution in [2.75, 3.05) is 13.2 Å². The van der Waals surface area contributed by atoms with Crippen LogP contribution in [0.15, 0.2) is 109 Å². The van der Waals surface area contributed by atoms with E-state index in [0.717, 1.165) is 103 Å². The molecule has 0 aromatic heterocycles. The van der Waals surface area contributed by atoms with Crippen LogP contribution in [-0.2, 0) is 28.6 Å². The highest BCUT2D eigenvalue weighted by Crippen LogP contribution is 2.17. The maximum absolute atomic E-state index is 12.9. The molecule has 0 saturated heterocycles. The summed E-state index contributed by atoms with van der Waals surface area (Å²) in [6, 6.07) is 0. The molecule has 0 radical (unpaired) electrons. The predicted molar refractivity (Wildman–Crippen MR) is 334 cm³/mol. The van der Waals surface area contributed by atoms with Gasteiger partial charge < -0.3 is 14.2 Å². The van der Waals surface area contributed by atoms with E-state index in [-0.39, 0.29) is 37.5 Å². The first-order valence-electron chi connectivity index (χ1n) is 32.4. The monoisotopic (exact) mass is 1070 g/mol. The summed E-state index contributed by atoms with van der Waals surface area (Å²) < 4.78 is 16.8. The van der Waals surface area contributed by atoms with Crippen molar-refractivity contribution < 1.29 is 28.6 Å². The van der Waals surface area contributed by atoms with Gasteiger partial charge in [0.15, 0.2) is 6.10 Å². The fraction of sp³-hybridized carbons (Fsp3) is 0.704. The summed E-state index contributed by atoms with van der Waals surface area (Å²) in [6.07, 6.45) is 88.4. The molecule has 0 aromatic carbocycles. The van der Waals surface area contributed by atoms with Gasteiger partial charge in [-0.15, -0.1) is 0 Å². The average molecular weight is 1070 g/mol. The number of hydrogen-bond acceptors (Lipinski definition) is 6. The Labute approximate surface area is 476 Å². The Hall–Kier alpha value is -3.93. The smallest absolute Gasteiger partial charge is 0.306 e. The largest absolute Gasteiger partial charge is 0.462 e. The van der Waals surface area contributed by atoms with Crippen LogP contribution in [0.1, 0.15) is 303 Å². The Kier molecular flexibility index (Phi) is 61.3. The molecule has 0 aliphatic heterocycles. The first-order chi connectivity index (χ1) is 38.0. The van der Waals surface area contributed by atoms with E-state index < -0.39 is 6.10 Å². The molecule has 0 aromatic rings. The molecular weight excluding hydrogens is 949 g/mol. The summed E-state index contributed by atoms with van der Waals surface area (Å²) in [5.74, 6) is -0.948. The third-order valence-corrected chi connectivity index (χ3v) is 13.8. The minimum absolute atomic E-state index is 0.0973. The van der Waals surface area contributed by atoms with Crippen molar-refractivity contribution in [2.45, 2.75) is 309 Å². The van der Waals surface area contributed by atoms with Crippen LogP contribution >= 0.6 is 0 Å². The number of rotatable bonds is 58. The molecule has 1 unspecified atom stereocenters.